The van der Waals surface area contributed by atoms with Crippen LogP contribution >= 0.6 is 0 Å². The van der Waals surface area contributed by atoms with Gasteiger partial charge in [0.05, 0.1) is 23.3 Å². The van der Waals surface area contributed by atoms with Crippen LogP contribution in [0.4, 0.5) is 0 Å². The summed E-state index contributed by atoms with van der Waals surface area (Å²) in [5.41, 5.74) is 0.402. The molecule has 0 amide bonds. The van der Waals surface area contributed by atoms with Gasteiger partial charge in [0.2, 0.25) is 0 Å². The first-order chi connectivity index (χ1) is 5.77. The Bertz CT molecular complexity index is 476. The van der Waals surface area contributed by atoms with E-state index in [9.17, 15) is 4.79 Å². The van der Waals surface area contributed by atoms with Crippen LogP contribution in [0.15, 0.2) is 17.2 Å². The number of hydrogen-bond donors (Lipinski definition) is 1. The molecule has 2 aromatic heterocycles. The fraction of sp³-hybridized carbons (Fsp3) is 0.143. The quantitative estimate of drug-likeness (QED) is 0.592. The van der Waals surface area contributed by atoms with Crippen LogP contribution in [0, 0.1) is 6.92 Å². The second-order valence-corrected chi connectivity index (χ2v) is 2.44. The van der Waals surface area contributed by atoms with Gasteiger partial charge in [-0.2, -0.15) is 10.2 Å². The summed E-state index contributed by atoms with van der Waals surface area (Å²) in [7, 11) is 0. The Balaban J connectivity index is 2.99. The smallest absolute Gasteiger partial charge is 0.260 e. The van der Waals surface area contributed by atoms with Crippen molar-refractivity contribution in [3.05, 3.63) is 28.6 Å². The van der Waals surface area contributed by atoms with E-state index in [1.807, 2.05) is 0 Å². The predicted molar refractivity (Wildman–Crippen MR) is 42.7 cm³/mol. The van der Waals surface area contributed by atoms with Gasteiger partial charge in [-0.1, -0.05) is 0 Å². The number of aromatic nitrogens is 4. The monoisotopic (exact) mass is 162 g/mol. The predicted octanol–water partition coefficient (Wildman–Crippen LogP) is 0.0215. The van der Waals surface area contributed by atoms with E-state index in [0.29, 0.717) is 16.7 Å². The zero-order valence-electron chi connectivity index (χ0n) is 6.40. The highest BCUT2D eigenvalue weighted by atomic mass is 16.1. The lowest BCUT2D eigenvalue weighted by Gasteiger charge is -1.94. The number of fused-ring (bicyclic) bond motifs is 1. The molecule has 0 unspecified atom stereocenters. The maximum atomic E-state index is 11.2. The van der Waals surface area contributed by atoms with E-state index >= 15 is 0 Å². The Kier molecular flexibility index (Phi) is 1.36. The molecule has 0 aliphatic heterocycles. The van der Waals surface area contributed by atoms with Crippen molar-refractivity contribution in [2.75, 3.05) is 0 Å². The molecule has 0 aliphatic carbocycles. The summed E-state index contributed by atoms with van der Waals surface area (Å²) in [5, 5.41) is 7.69. The summed E-state index contributed by atoms with van der Waals surface area (Å²) in [5.74, 6) is 0.584. The minimum atomic E-state index is -0.174. The molecule has 0 radical (unpaired) electrons. The summed E-state index contributed by atoms with van der Waals surface area (Å²) in [6.45, 7) is 1.72. The molecule has 5 heteroatoms. The number of H-pyrrole nitrogens is 1. The first kappa shape index (κ1) is 6.90. The van der Waals surface area contributed by atoms with Crippen LogP contribution in [0.3, 0.4) is 0 Å². The van der Waals surface area contributed by atoms with E-state index in [1.165, 1.54) is 12.4 Å². The van der Waals surface area contributed by atoms with E-state index in [1.54, 1.807) is 6.92 Å². The van der Waals surface area contributed by atoms with Gasteiger partial charge >= 0.3 is 0 Å². The maximum Gasteiger partial charge on any atom is 0.260 e. The van der Waals surface area contributed by atoms with Crippen molar-refractivity contribution in [2.24, 2.45) is 0 Å². The van der Waals surface area contributed by atoms with Crippen molar-refractivity contribution < 1.29 is 0 Å². The van der Waals surface area contributed by atoms with Crippen molar-refractivity contribution >= 4 is 10.9 Å². The van der Waals surface area contributed by atoms with Crippen LogP contribution in [0.1, 0.15) is 5.82 Å². The Labute approximate surface area is 67.5 Å². The molecular formula is C7H6N4O. The summed E-state index contributed by atoms with van der Waals surface area (Å²) in [4.78, 5) is 17.9. The Morgan fingerprint density at radius 3 is 2.92 bits per heavy atom. The number of nitrogens with zero attached hydrogens (tertiary/aromatic N) is 3. The molecule has 1 N–H and O–H groups in total. The minimum Gasteiger partial charge on any atom is -0.310 e. The summed E-state index contributed by atoms with van der Waals surface area (Å²) in [6.07, 6.45) is 2.87. The van der Waals surface area contributed by atoms with Crippen molar-refractivity contribution in [1.82, 2.24) is 20.2 Å². The molecule has 2 aromatic rings. The molecule has 0 fully saturated rings. The molecule has 0 aliphatic rings. The van der Waals surface area contributed by atoms with Crippen molar-refractivity contribution in [3.63, 3.8) is 0 Å². The number of aromatic amines is 1. The van der Waals surface area contributed by atoms with E-state index in [-0.39, 0.29) is 5.56 Å². The highest BCUT2D eigenvalue weighted by Crippen LogP contribution is 2.00. The zero-order valence-corrected chi connectivity index (χ0v) is 6.40. The van der Waals surface area contributed by atoms with E-state index < -0.39 is 0 Å². The molecule has 0 spiro atoms. The zero-order chi connectivity index (χ0) is 8.55. The van der Waals surface area contributed by atoms with Crippen LogP contribution < -0.4 is 5.56 Å². The molecule has 0 bridgehead atoms. The third-order valence-electron chi connectivity index (χ3n) is 1.54. The molecule has 12 heavy (non-hydrogen) atoms. The van der Waals surface area contributed by atoms with Crippen LogP contribution in [0.25, 0.3) is 10.9 Å². The first-order valence-corrected chi connectivity index (χ1v) is 3.45. The van der Waals surface area contributed by atoms with Gasteiger partial charge in [0.25, 0.3) is 5.56 Å². The summed E-state index contributed by atoms with van der Waals surface area (Å²) in [6, 6.07) is 0. The third kappa shape index (κ3) is 0.952. The summed E-state index contributed by atoms with van der Waals surface area (Å²) >= 11 is 0. The fourth-order valence-electron chi connectivity index (χ4n) is 1.02. The average molecular weight is 162 g/mol. The fourth-order valence-corrected chi connectivity index (χ4v) is 1.02. The third-order valence-corrected chi connectivity index (χ3v) is 1.54. The Morgan fingerprint density at radius 1 is 1.33 bits per heavy atom. The second kappa shape index (κ2) is 2.37. The van der Waals surface area contributed by atoms with Gasteiger partial charge in [-0.15, -0.1) is 0 Å². The van der Waals surface area contributed by atoms with E-state index in [2.05, 4.69) is 20.2 Å². The van der Waals surface area contributed by atoms with Crippen molar-refractivity contribution in [1.29, 1.82) is 0 Å². The lowest BCUT2D eigenvalue weighted by molar-refractivity contribution is 1.01. The molecule has 0 aromatic carbocycles. The second-order valence-electron chi connectivity index (χ2n) is 2.44. The van der Waals surface area contributed by atoms with Gasteiger partial charge < -0.3 is 4.98 Å². The molecular weight excluding hydrogens is 156 g/mol. The van der Waals surface area contributed by atoms with Gasteiger partial charge in [0.1, 0.15) is 5.82 Å². The van der Waals surface area contributed by atoms with Crippen LogP contribution in [-0.2, 0) is 0 Å². The lowest BCUT2D eigenvalue weighted by Crippen LogP contribution is -2.10. The number of hydrogen-bond acceptors (Lipinski definition) is 4. The topological polar surface area (TPSA) is 71.5 Å². The summed E-state index contributed by atoms with van der Waals surface area (Å²) < 4.78 is 0. The highest BCUT2D eigenvalue weighted by Gasteiger charge is 1.99. The van der Waals surface area contributed by atoms with E-state index in [0.717, 1.165) is 0 Å². The van der Waals surface area contributed by atoms with Gasteiger partial charge in [0.15, 0.2) is 0 Å². The molecule has 2 rings (SSSR count). The molecule has 5 nitrogen and oxygen atoms in total. The van der Waals surface area contributed by atoms with Crippen molar-refractivity contribution in [3.8, 4) is 0 Å². The maximum absolute atomic E-state index is 11.2. The SMILES string of the molecule is Cc1nc2cnncc2c(=O)[nH]1. The van der Waals surface area contributed by atoms with Crippen LogP contribution in [0.5, 0.6) is 0 Å². The molecule has 60 valence electrons. The molecule has 0 atom stereocenters. The van der Waals surface area contributed by atoms with Crippen LogP contribution in [-0.4, -0.2) is 20.2 Å². The average Bonchev–Trinajstić information content (AvgIpc) is 2.04. The van der Waals surface area contributed by atoms with Gasteiger partial charge in [-0.05, 0) is 6.92 Å². The van der Waals surface area contributed by atoms with Gasteiger partial charge in [-0.25, -0.2) is 4.98 Å². The van der Waals surface area contributed by atoms with Gasteiger partial charge in [-0.3, -0.25) is 4.79 Å². The Morgan fingerprint density at radius 2 is 2.08 bits per heavy atom. The van der Waals surface area contributed by atoms with E-state index in [4.69, 9.17) is 0 Å². The standard InChI is InChI=1S/C7H6N4O/c1-4-10-6-3-9-8-2-5(6)7(12)11-4/h2-3H,1H3,(H,10,11,12). The van der Waals surface area contributed by atoms with Gasteiger partial charge in [0, 0.05) is 0 Å². The molecule has 2 heterocycles. The minimum absolute atomic E-state index is 0.174. The molecule has 0 saturated carbocycles. The Hall–Kier alpha value is -1.78. The largest absolute Gasteiger partial charge is 0.310 e. The lowest BCUT2D eigenvalue weighted by atomic mass is 10.3. The number of rotatable bonds is 0. The molecule has 0 saturated heterocycles. The number of nitrogens with one attached hydrogen (secondary N) is 1. The van der Waals surface area contributed by atoms with Crippen LogP contribution in [0.2, 0.25) is 0 Å². The highest BCUT2D eigenvalue weighted by molar-refractivity contribution is 5.74. The first-order valence-electron chi connectivity index (χ1n) is 3.45. The van der Waals surface area contributed by atoms with Crippen molar-refractivity contribution in [2.45, 2.75) is 6.92 Å². The number of aryl methyl sites for hydroxylation is 1. The normalized spacial score (nSPS) is 10.4.